The van der Waals surface area contributed by atoms with E-state index in [1.807, 2.05) is 0 Å². The van der Waals surface area contributed by atoms with E-state index < -0.39 is 25.7 Å². The maximum absolute atomic E-state index is 3.84. The van der Waals surface area contributed by atoms with Crippen LogP contribution in [0, 0.1) is 0 Å². The minimum Gasteiger partial charge on any atom is -0.195 e. The molecule has 0 bridgehead atoms. The molecule has 1 aliphatic rings. The van der Waals surface area contributed by atoms with Gasteiger partial charge in [0.15, 0.2) is 0 Å². The molecule has 0 amide bonds. The van der Waals surface area contributed by atoms with Crippen molar-refractivity contribution in [1.29, 1.82) is 0 Å². The Labute approximate surface area is 219 Å². The first-order chi connectivity index (χ1) is 17.2. The smallest absolute Gasteiger partial charge is 0.108 e. The van der Waals surface area contributed by atoms with Crippen LogP contribution in [0.3, 0.4) is 0 Å². The molecule has 0 spiro atoms. The Morgan fingerprint density at radius 3 is 1.14 bits per heavy atom. The summed E-state index contributed by atoms with van der Waals surface area (Å²) in [4.78, 5) is 0. The topological polar surface area (TPSA) is 0 Å². The number of hydrogen-bond acceptors (Lipinski definition) is 0. The third-order valence-corrected chi connectivity index (χ3v) is 16.5. The summed E-state index contributed by atoms with van der Waals surface area (Å²) < 4.78 is 3.61. The molecule has 4 aromatic rings. The van der Waals surface area contributed by atoms with Crippen molar-refractivity contribution in [1.82, 2.24) is 0 Å². The van der Waals surface area contributed by atoms with E-state index in [-0.39, 0.29) is 0 Å². The molecule has 1 aliphatic heterocycles. The molecular formula is C33H37BTe. The van der Waals surface area contributed by atoms with Gasteiger partial charge in [-0.25, -0.2) is 0 Å². The van der Waals surface area contributed by atoms with E-state index in [1.54, 1.807) is 0 Å². The van der Waals surface area contributed by atoms with Crippen LogP contribution in [0.4, 0.5) is 0 Å². The van der Waals surface area contributed by atoms with Gasteiger partial charge in [-0.2, -0.15) is 21.9 Å². The first kappa shape index (κ1) is 25.6. The van der Waals surface area contributed by atoms with Crippen LogP contribution < -0.4 is 21.9 Å². The van der Waals surface area contributed by atoms with Gasteiger partial charge in [-0.05, 0) is 0 Å². The summed E-state index contributed by atoms with van der Waals surface area (Å²) in [6.07, 6.45) is 3.94. The van der Waals surface area contributed by atoms with Gasteiger partial charge in [0.1, 0.15) is 6.15 Å². The van der Waals surface area contributed by atoms with Crippen LogP contribution in [-0.2, 0) is 0 Å². The van der Waals surface area contributed by atoms with Crippen molar-refractivity contribution in [2.45, 2.75) is 39.1 Å². The summed E-state index contributed by atoms with van der Waals surface area (Å²) in [5, 5.41) is 0. The normalized spacial score (nSPS) is 17.9. The molecule has 0 N–H and O–H groups in total. The zero-order chi connectivity index (χ0) is 24.5. The molecule has 1 fully saturated rings. The first-order valence-corrected chi connectivity index (χ1v) is 17.2. The Kier molecular flexibility index (Phi) is 9.09. The van der Waals surface area contributed by atoms with E-state index in [9.17, 15) is 0 Å². The molecule has 0 aromatic heterocycles. The van der Waals surface area contributed by atoms with Crippen molar-refractivity contribution in [3.63, 3.8) is 0 Å². The fraction of sp³-hybridized carbons (Fsp3) is 0.212. The van der Waals surface area contributed by atoms with E-state index >= 15 is 0 Å². The van der Waals surface area contributed by atoms with E-state index in [4.69, 9.17) is 0 Å². The molecular weight excluding hydrogens is 535 g/mol. The Morgan fingerprint density at radius 1 is 0.600 bits per heavy atom. The summed E-state index contributed by atoms with van der Waals surface area (Å²) >= 11 is -0.682. The third kappa shape index (κ3) is 5.67. The fourth-order valence-corrected chi connectivity index (χ4v) is 13.2. The van der Waals surface area contributed by atoms with Gasteiger partial charge in [0, 0.05) is 0 Å². The molecule has 178 valence electrons. The van der Waals surface area contributed by atoms with Crippen LogP contribution in [0.1, 0.15) is 26.7 Å². The Morgan fingerprint density at radius 2 is 0.886 bits per heavy atom. The number of hydrogen-bond donors (Lipinski definition) is 0. The maximum Gasteiger partial charge on any atom is 0.108 e. The molecule has 0 aliphatic carbocycles. The number of rotatable bonds is 6. The van der Waals surface area contributed by atoms with Gasteiger partial charge in [0.25, 0.3) is 0 Å². The maximum atomic E-state index is 3.84. The zero-order valence-electron chi connectivity index (χ0n) is 21.1. The Hall–Kier alpha value is -2.53. The standard InChI is InChI=1S/C24H20B.C9H17Te/c1-5-13-21(14-6-1)25(22-15-7-2-8-16-22,23-17-9-3-10-18-23)24-19-11-4-12-20-24;1-4-7-10-8(2)5-6-9(10)3/h1-20H;4,8-9H,1,5-7H2,2-3H3/q-1;+1. The van der Waals surface area contributed by atoms with Gasteiger partial charge in [0.2, 0.25) is 0 Å². The summed E-state index contributed by atoms with van der Waals surface area (Å²) in [5.41, 5.74) is 5.36. The summed E-state index contributed by atoms with van der Waals surface area (Å²) in [6.45, 7) is 8.73. The Bertz CT molecular complexity index is 985. The van der Waals surface area contributed by atoms with Crippen molar-refractivity contribution < 1.29 is 0 Å². The van der Waals surface area contributed by atoms with E-state index in [2.05, 4.69) is 148 Å². The molecule has 2 atom stereocenters. The predicted molar refractivity (Wildman–Crippen MR) is 159 cm³/mol. The molecule has 5 rings (SSSR count). The predicted octanol–water partition coefficient (Wildman–Crippen LogP) is 6.31. The van der Waals surface area contributed by atoms with Crippen molar-refractivity contribution in [3.8, 4) is 0 Å². The second kappa shape index (κ2) is 12.4. The fourth-order valence-electron chi connectivity index (χ4n) is 5.75. The van der Waals surface area contributed by atoms with Gasteiger partial charge in [-0.1, -0.05) is 121 Å². The largest absolute Gasteiger partial charge is 0.195 e. The molecule has 1 saturated heterocycles. The average Bonchev–Trinajstić information content (AvgIpc) is 3.25. The van der Waals surface area contributed by atoms with Gasteiger partial charge >= 0.3 is 71.3 Å². The van der Waals surface area contributed by atoms with Crippen LogP contribution in [0.15, 0.2) is 134 Å². The Balaban J connectivity index is 0.000000243. The van der Waals surface area contributed by atoms with Gasteiger partial charge < -0.3 is 0 Å². The molecule has 0 saturated carbocycles. The summed E-state index contributed by atoms with van der Waals surface area (Å²) in [6, 6.07) is 43.5. The van der Waals surface area contributed by atoms with Crippen LogP contribution in [-0.4, -0.2) is 25.7 Å². The van der Waals surface area contributed by atoms with Crippen LogP contribution in [0.25, 0.3) is 0 Å². The molecule has 2 unspecified atom stereocenters. The summed E-state index contributed by atoms with van der Waals surface area (Å²) in [5.74, 6) is 0. The number of benzene rings is 4. The zero-order valence-corrected chi connectivity index (χ0v) is 23.4. The van der Waals surface area contributed by atoms with Gasteiger partial charge in [-0.15, -0.1) is 0 Å². The molecule has 4 aromatic carbocycles. The van der Waals surface area contributed by atoms with Crippen molar-refractivity contribution >= 4 is 47.5 Å². The molecule has 2 heteroatoms. The minimum absolute atomic E-state index is 0.682. The minimum atomic E-state index is -1.22. The van der Waals surface area contributed by atoms with Crippen molar-refractivity contribution in [2.75, 3.05) is 0 Å². The second-order valence-electron chi connectivity index (χ2n) is 9.63. The van der Waals surface area contributed by atoms with Crippen LogP contribution in [0.5, 0.6) is 0 Å². The SMILES string of the molecule is C=CC[Te+]1C(C)CCC1C.c1ccc([B-](c2ccccc2)(c2ccccc2)c2ccccc2)cc1. The molecule has 1 heterocycles. The quantitative estimate of drug-likeness (QED) is 0.188. The van der Waals surface area contributed by atoms with E-state index in [1.165, 1.54) is 39.2 Å². The molecule has 35 heavy (non-hydrogen) atoms. The molecule has 0 nitrogen and oxygen atoms in total. The van der Waals surface area contributed by atoms with Crippen LogP contribution >= 0.6 is 0 Å². The third-order valence-electron chi connectivity index (χ3n) is 7.52. The van der Waals surface area contributed by atoms with E-state index in [0.717, 1.165) is 7.93 Å². The van der Waals surface area contributed by atoms with E-state index in [0.29, 0.717) is 0 Å². The van der Waals surface area contributed by atoms with Crippen LogP contribution in [0.2, 0.25) is 12.4 Å². The van der Waals surface area contributed by atoms with Gasteiger partial charge in [0.05, 0.1) is 0 Å². The summed E-state index contributed by atoms with van der Waals surface area (Å²) in [7, 11) is 0. The van der Waals surface area contributed by atoms with Crippen molar-refractivity contribution in [2.24, 2.45) is 0 Å². The number of allylic oxidation sites excluding steroid dienone is 1. The van der Waals surface area contributed by atoms with Gasteiger partial charge in [-0.3, -0.25) is 0 Å². The first-order valence-electron chi connectivity index (χ1n) is 12.8. The second-order valence-corrected chi connectivity index (χ2v) is 17.9. The monoisotopic (exact) mass is 574 g/mol. The van der Waals surface area contributed by atoms with Crippen molar-refractivity contribution in [3.05, 3.63) is 134 Å². The molecule has 0 radical (unpaired) electrons. The average molecular weight is 572 g/mol.